The molecular formula is C21H20FNO3S2. The number of halogens is 1. The fourth-order valence-corrected chi connectivity index (χ4v) is 5.66. The molecule has 1 unspecified atom stereocenters. The van der Waals surface area contributed by atoms with Crippen molar-refractivity contribution in [3.05, 3.63) is 87.4 Å². The van der Waals surface area contributed by atoms with E-state index < -0.39 is 20.9 Å². The van der Waals surface area contributed by atoms with Gasteiger partial charge in [0.05, 0.1) is 4.90 Å². The minimum atomic E-state index is -3.82. The Balaban J connectivity index is 1.88. The SMILES string of the molecule is Cc1ccc(C(=O)NCC(c2cccs2)S(=O)(=O)c2ccc(F)c(C)c2)cc1. The van der Waals surface area contributed by atoms with Gasteiger partial charge in [0, 0.05) is 17.0 Å². The van der Waals surface area contributed by atoms with E-state index >= 15 is 0 Å². The molecule has 3 aromatic rings. The Hall–Kier alpha value is -2.51. The molecule has 0 saturated heterocycles. The topological polar surface area (TPSA) is 63.2 Å². The number of aryl methyl sites for hydroxylation is 2. The van der Waals surface area contributed by atoms with Crippen molar-refractivity contribution < 1.29 is 17.6 Å². The van der Waals surface area contributed by atoms with E-state index in [4.69, 9.17) is 0 Å². The first-order valence-corrected chi connectivity index (χ1v) is 11.1. The molecule has 28 heavy (non-hydrogen) atoms. The number of carbonyl (C=O) groups is 1. The number of amides is 1. The lowest BCUT2D eigenvalue weighted by atomic mass is 10.1. The smallest absolute Gasteiger partial charge is 0.251 e. The van der Waals surface area contributed by atoms with Gasteiger partial charge in [-0.15, -0.1) is 11.3 Å². The molecule has 0 aliphatic heterocycles. The molecule has 1 aromatic heterocycles. The number of nitrogens with one attached hydrogen (secondary N) is 1. The summed E-state index contributed by atoms with van der Waals surface area (Å²) in [5, 5.41) is 3.56. The Morgan fingerprint density at radius 1 is 1.11 bits per heavy atom. The van der Waals surface area contributed by atoms with Gasteiger partial charge >= 0.3 is 0 Å². The zero-order valence-corrected chi connectivity index (χ0v) is 17.1. The highest BCUT2D eigenvalue weighted by Gasteiger charge is 2.31. The van der Waals surface area contributed by atoms with Crippen LogP contribution in [-0.4, -0.2) is 20.9 Å². The van der Waals surface area contributed by atoms with Crippen molar-refractivity contribution in [1.29, 1.82) is 0 Å². The fraction of sp³-hybridized carbons (Fsp3) is 0.190. The number of thiophene rings is 1. The van der Waals surface area contributed by atoms with E-state index in [1.165, 1.54) is 30.4 Å². The van der Waals surface area contributed by atoms with Gasteiger partial charge in [-0.1, -0.05) is 23.8 Å². The molecule has 146 valence electrons. The van der Waals surface area contributed by atoms with Gasteiger partial charge in [0.1, 0.15) is 11.1 Å². The van der Waals surface area contributed by atoms with Gasteiger partial charge in [-0.25, -0.2) is 12.8 Å². The second-order valence-corrected chi connectivity index (χ2v) is 9.65. The van der Waals surface area contributed by atoms with E-state index in [-0.39, 0.29) is 22.9 Å². The van der Waals surface area contributed by atoms with Crippen LogP contribution in [0.4, 0.5) is 4.39 Å². The molecule has 1 heterocycles. The lowest BCUT2D eigenvalue weighted by Gasteiger charge is -2.18. The summed E-state index contributed by atoms with van der Waals surface area (Å²) in [6.45, 7) is 3.37. The molecule has 1 N–H and O–H groups in total. The molecule has 3 rings (SSSR count). The molecule has 0 radical (unpaired) electrons. The summed E-state index contributed by atoms with van der Waals surface area (Å²) in [6, 6.07) is 14.3. The fourth-order valence-electron chi connectivity index (χ4n) is 2.79. The normalized spacial score (nSPS) is 12.5. The van der Waals surface area contributed by atoms with E-state index in [1.807, 2.05) is 19.1 Å². The van der Waals surface area contributed by atoms with Crippen LogP contribution in [0.3, 0.4) is 0 Å². The Morgan fingerprint density at radius 3 is 2.43 bits per heavy atom. The predicted octanol–water partition coefficient (Wildman–Crippen LogP) is 4.45. The standard InChI is InChI=1S/C21H20FNO3S2/c1-14-5-7-16(8-6-14)21(24)23-13-20(19-4-3-11-27-19)28(25,26)17-9-10-18(22)15(2)12-17/h3-12,20H,13H2,1-2H3,(H,23,24). The van der Waals surface area contributed by atoms with Gasteiger partial charge in [0.15, 0.2) is 9.84 Å². The second-order valence-electron chi connectivity index (χ2n) is 6.54. The van der Waals surface area contributed by atoms with Crippen LogP contribution >= 0.6 is 11.3 Å². The second kappa shape index (κ2) is 8.24. The van der Waals surface area contributed by atoms with Crippen LogP contribution in [0.5, 0.6) is 0 Å². The zero-order chi connectivity index (χ0) is 20.3. The van der Waals surface area contributed by atoms with Gasteiger partial charge in [-0.05, 0) is 61.2 Å². The van der Waals surface area contributed by atoms with Crippen molar-refractivity contribution in [2.45, 2.75) is 24.0 Å². The molecule has 0 aliphatic carbocycles. The average Bonchev–Trinajstić information content (AvgIpc) is 3.18. The van der Waals surface area contributed by atoms with Crippen molar-refractivity contribution in [3.63, 3.8) is 0 Å². The number of hydrogen-bond acceptors (Lipinski definition) is 4. The number of rotatable bonds is 6. The molecule has 2 aromatic carbocycles. The maximum Gasteiger partial charge on any atom is 0.251 e. The van der Waals surface area contributed by atoms with Crippen molar-refractivity contribution in [2.24, 2.45) is 0 Å². The first kappa shape index (κ1) is 20.2. The number of hydrogen-bond donors (Lipinski definition) is 1. The summed E-state index contributed by atoms with van der Waals surface area (Å²) < 4.78 is 40.0. The Labute approximate surface area is 168 Å². The summed E-state index contributed by atoms with van der Waals surface area (Å²) in [4.78, 5) is 13.1. The highest BCUT2D eigenvalue weighted by Crippen LogP contribution is 2.32. The lowest BCUT2D eigenvalue weighted by molar-refractivity contribution is 0.0953. The molecule has 0 aliphatic rings. The number of carbonyl (C=O) groups excluding carboxylic acids is 1. The maximum atomic E-state index is 13.6. The molecular weight excluding hydrogens is 397 g/mol. The molecule has 0 saturated carbocycles. The Bertz CT molecular complexity index is 1080. The van der Waals surface area contributed by atoms with Crippen molar-refractivity contribution in [2.75, 3.05) is 6.54 Å². The predicted molar refractivity (Wildman–Crippen MR) is 109 cm³/mol. The summed E-state index contributed by atoms with van der Waals surface area (Å²) in [7, 11) is -3.82. The molecule has 0 fully saturated rings. The summed E-state index contributed by atoms with van der Waals surface area (Å²) in [5.74, 6) is -0.800. The van der Waals surface area contributed by atoms with Crippen LogP contribution in [0, 0.1) is 19.7 Å². The van der Waals surface area contributed by atoms with Crippen LogP contribution in [0.15, 0.2) is 64.9 Å². The van der Waals surface area contributed by atoms with Crippen LogP contribution < -0.4 is 5.32 Å². The summed E-state index contributed by atoms with van der Waals surface area (Å²) in [6.07, 6.45) is 0. The maximum absolute atomic E-state index is 13.6. The van der Waals surface area contributed by atoms with Gasteiger partial charge in [0.25, 0.3) is 5.91 Å². The van der Waals surface area contributed by atoms with Crippen molar-refractivity contribution >= 4 is 27.1 Å². The largest absolute Gasteiger partial charge is 0.350 e. The minimum absolute atomic E-state index is 0.0365. The van der Waals surface area contributed by atoms with Crippen LogP contribution in [0.2, 0.25) is 0 Å². The van der Waals surface area contributed by atoms with Crippen molar-refractivity contribution in [1.82, 2.24) is 5.32 Å². The third-order valence-electron chi connectivity index (χ3n) is 4.45. The highest BCUT2D eigenvalue weighted by molar-refractivity contribution is 7.91. The van der Waals surface area contributed by atoms with Crippen LogP contribution in [0.1, 0.15) is 31.6 Å². The van der Waals surface area contributed by atoms with E-state index in [0.717, 1.165) is 11.6 Å². The lowest BCUT2D eigenvalue weighted by Crippen LogP contribution is -2.31. The van der Waals surface area contributed by atoms with Gasteiger partial charge in [-0.3, -0.25) is 4.79 Å². The number of benzene rings is 2. The Morgan fingerprint density at radius 2 is 1.82 bits per heavy atom. The molecule has 4 nitrogen and oxygen atoms in total. The summed E-state index contributed by atoms with van der Waals surface area (Å²) in [5.41, 5.74) is 1.75. The molecule has 1 atom stereocenters. The molecule has 7 heteroatoms. The van der Waals surface area contributed by atoms with E-state index in [2.05, 4.69) is 5.32 Å². The number of sulfone groups is 1. The van der Waals surface area contributed by atoms with Gasteiger partial charge in [-0.2, -0.15) is 0 Å². The van der Waals surface area contributed by atoms with Crippen molar-refractivity contribution in [3.8, 4) is 0 Å². The van der Waals surface area contributed by atoms with E-state index in [0.29, 0.717) is 10.4 Å². The third-order valence-corrected chi connectivity index (χ3v) is 7.67. The van der Waals surface area contributed by atoms with E-state index in [9.17, 15) is 17.6 Å². The quantitative estimate of drug-likeness (QED) is 0.603. The Kier molecular flexibility index (Phi) is 5.96. The molecule has 0 bridgehead atoms. The first-order valence-electron chi connectivity index (χ1n) is 8.67. The van der Waals surface area contributed by atoms with Gasteiger partial charge in [0.2, 0.25) is 0 Å². The highest BCUT2D eigenvalue weighted by atomic mass is 32.2. The summed E-state index contributed by atoms with van der Waals surface area (Å²) >= 11 is 1.30. The minimum Gasteiger partial charge on any atom is -0.350 e. The first-order chi connectivity index (χ1) is 13.3. The zero-order valence-electron chi connectivity index (χ0n) is 15.5. The van der Waals surface area contributed by atoms with Crippen LogP contribution in [0.25, 0.3) is 0 Å². The van der Waals surface area contributed by atoms with Gasteiger partial charge < -0.3 is 5.32 Å². The average molecular weight is 418 g/mol. The monoisotopic (exact) mass is 417 g/mol. The third kappa shape index (κ3) is 4.31. The molecule has 1 amide bonds. The molecule has 0 spiro atoms. The van der Waals surface area contributed by atoms with E-state index in [1.54, 1.807) is 29.6 Å². The van der Waals surface area contributed by atoms with Crippen LogP contribution in [-0.2, 0) is 9.84 Å².